The lowest BCUT2D eigenvalue weighted by molar-refractivity contribution is 0.122. The first-order valence-electron chi connectivity index (χ1n) is 13.6. The zero-order valence-corrected chi connectivity index (χ0v) is 24.2. The number of hydrogen-bond donors (Lipinski definition) is 0. The maximum atomic E-state index is 9.46. The molecule has 0 radical (unpaired) electrons. The van der Waals surface area contributed by atoms with Gasteiger partial charge in [0, 0.05) is 58.4 Å². The van der Waals surface area contributed by atoms with E-state index < -0.39 is 0 Å². The van der Waals surface area contributed by atoms with Gasteiger partial charge in [0.1, 0.15) is 11.9 Å². The van der Waals surface area contributed by atoms with Gasteiger partial charge in [-0.05, 0) is 0 Å². The van der Waals surface area contributed by atoms with Crippen molar-refractivity contribution < 1.29 is 14.2 Å². The van der Waals surface area contributed by atoms with Crippen molar-refractivity contribution in [1.29, 1.82) is 5.26 Å². The minimum Gasteiger partial charge on any atom is -0.383 e. The smallest absolute Gasteiger partial charge is 0.193 e. The van der Waals surface area contributed by atoms with Crippen molar-refractivity contribution in [2.75, 3.05) is 76.6 Å². The first-order chi connectivity index (χ1) is 21.2. The molecule has 5 rings (SSSR count). The van der Waals surface area contributed by atoms with Gasteiger partial charge in [-0.1, -0.05) is 30.3 Å². The molecule has 43 heavy (non-hydrogen) atoms. The van der Waals surface area contributed by atoms with E-state index in [4.69, 9.17) is 14.2 Å². The van der Waals surface area contributed by atoms with Gasteiger partial charge in [-0.15, -0.1) is 10.2 Å². The second-order valence-corrected chi connectivity index (χ2v) is 8.97. The van der Waals surface area contributed by atoms with Crippen LogP contribution in [0.5, 0.6) is 0 Å². The lowest BCUT2D eigenvalue weighted by atomic mass is 10.2. The van der Waals surface area contributed by atoms with Gasteiger partial charge in [-0.3, -0.25) is 9.97 Å². The molecule has 14 nitrogen and oxygen atoms in total. The van der Waals surface area contributed by atoms with E-state index >= 15 is 0 Å². The topological polar surface area (TPSA) is 160 Å². The zero-order valence-electron chi connectivity index (χ0n) is 24.2. The highest BCUT2D eigenvalue weighted by Crippen LogP contribution is 2.20. The van der Waals surface area contributed by atoms with Crippen LogP contribution >= 0.6 is 0 Å². The highest BCUT2D eigenvalue weighted by atomic mass is 16.5. The van der Waals surface area contributed by atoms with E-state index in [9.17, 15) is 5.26 Å². The summed E-state index contributed by atoms with van der Waals surface area (Å²) in [6, 6.07) is 12.0. The largest absolute Gasteiger partial charge is 0.383 e. The normalized spacial score (nSPS) is 12.8. The fourth-order valence-electron chi connectivity index (χ4n) is 3.93. The number of azo groups is 1. The molecule has 0 bridgehead atoms. The molecule has 0 amide bonds. The summed E-state index contributed by atoms with van der Waals surface area (Å²) < 4.78 is 15.6. The van der Waals surface area contributed by atoms with Crippen LogP contribution in [0, 0.1) is 11.3 Å². The van der Waals surface area contributed by atoms with Crippen LogP contribution in [-0.4, -0.2) is 96.7 Å². The molecule has 1 fully saturated rings. The van der Waals surface area contributed by atoms with E-state index in [2.05, 4.69) is 51.1 Å². The van der Waals surface area contributed by atoms with E-state index in [1.165, 1.54) is 6.20 Å². The monoisotopic (exact) mass is 583 g/mol. The Kier molecular flexibility index (Phi) is 12.3. The number of methoxy groups -OCH3 is 2. The summed E-state index contributed by atoms with van der Waals surface area (Å²) >= 11 is 0. The second-order valence-electron chi connectivity index (χ2n) is 8.97. The first-order valence-corrected chi connectivity index (χ1v) is 13.6. The van der Waals surface area contributed by atoms with Crippen molar-refractivity contribution in [2.24, 2.45) is 10.2 Å². The van der Waals surface area contributed by atoms with Crippen molar-refractivity contribution >= 4 is 23.3 Å². The van der Waals surface area contributed by atoms with E-state index in [-0.39, 0.29) is 0 Å². The Morgan fingerprint density at radius 3 is 2.21 bits per heavy atom. The number of aromatic nitrogens is 6. The second kappa shape index (κ2) is 17.1. The predicted octanol–water partition coefficient (Wildman–Crippen LogP) is 3.63. The average Bonchev–Trinajstić information content (AvgIpc) is 3.09. The Morgan fingerprint density at radius 2 is 1.60 bits per heavy atom. The van der Waals surface area contributed by atoms with Crippen LogP contribution in [0.3, 0.4) is 0 Å². The van der Waals surface area contributed by atoms with E-state index in [0.717, 1.165) is 24.3 Å². The molecular formula is C29H33N11O3. The summed E-state index contributed by atoms with van der Waals surface area (Å²) in [4.78, 5) is 29.4. The molecule has 0 N–H and O–H groups in total. The Labute approximate surface area is 250 Å². The molecule has 0 aliphatic carbocycles. The van der Waals surface area contributed by atoms with Crippen molar-refractivity contribution in [1.82, 2.24) is 29.9 Å². The fourth-order valence-corrected chi connectivity index (χ4v) is 3.93. The quantitative estimate of drug-likeness (QED) is 0.236. The molecule has 1 aromatic carbocycles. The van der Waals surface area contributed by atoms with E-state index in [0.29, 0.717) is 68.5 Å². The Bertz CT molecular complexity index is 1440. The fraction of sp³-hybridized carbons (Fsp3) is 0.345. The van der Waals surface area contributed by atoms with Gasteiger partial charge in [0.15, 0.2) is 23.1 Å². The van der Waals surface area contributed by atoms with Gasteiger partial charge in [0.2, 0.25) is 0 Å². The van der Waals surface area contributed by atoms with Crippen molar-refractivity contribution in [3.05, 3.63) is 73.2 Å². The number of nitrogens with zero attached hydrogens (tertiary/aromatic N) is 11. The van der Waals surface area contributed by atoms with E-state index in [1.807, 2.05) is 35.2 Å². The molecule has 0 atom stereocenters. The summed E-state index contributed by atoms with van der Waals surface area (Å²) in [7, 11) is 3.29. The highest BCUT2D eigenvalue weighted by Gasteiger charge is 2.18. The molecule has 0 spiro atoms. The van der Waals surface area contributed by atoms with Gasteiger partial charge in [0.05, 0.1) is 56.9 Å². The van der Waals surface area contributed by atoms with Gasteiger partial charge in [0.25, 0.3) is 0 Å². The Morgan fingerprint density at radius 1 is 0.884 bits per heavy atom. The lowest BCUT2D eigenvalue weighted by Gasteiger charge is -2.29. The van der Waals surface area contributed by atoms with Crippen LogP contribution in [0.25, 0.3) is 11.3 Å². The molecular weight excluding hydrogens is 550 g/mol. The number of benzene rings is 1. The molecule has 1 aliphatic rings. The first kappa shape index (κ1) is 31.0. The average molecular weight is 584 g/mol. The predicted molar refractivity (Wildman–Crippen MR) is 159 cm³/mol. The molecule has 0 saturated carbocycles. The van der Waals surface area contributed by atoms with Crippen LogP contribution in [-0.2, 0) is 14.2 Å². The van der Waals surface area contributed by atoms with Crippen molar-refractivity contribution in [3.8, 4) is 17.3 Å². The number of morpholine rings is 1. The highest BCUT2D eigenvalue weighted by molar-refractivity contribution is 5.58. The summed E-state index contributed by atoms with van der Waals surface area (Å²) in [5.74, 6) is 2.14. The SMILES string of the molecule is COCCN(CCOC)c1ncc(N2CCOCC2)nc1C#N.c1ccc(-c2cnc(N=Nc3cnccn3)cn2)cc1. The van der Waals surface area contributed by atoms with Crippen LogP contribution in [0.2, 0.25) is 0 Å². The summed E-state index contributed by atoms with van der Waals surface area (Å²) in [6.45, 7) is 5.19. The molecule has 4 aromatic rings. The molecule has 222 valence electrons. The maximum absolute atomic E-state index is 9.46. The lowest BCUT2D eigenvalue weighted by Crippen LogP contribution is -2.37. The Balaban J connectivity index is 0.000000198. The van der Waals surface area contributed by atoms with Crippen LogP contribution in [0.15, 0.2) is 77.7 Å². The zero-order chi connectivity index (χ0) is 30.1. The number of rotatable bonds is 11. The minimum absolute atomic E-state index is 0.321. The Hall–Kier alpha value is -4.97. The van der Waals surface area contributed by atoms with Crippen LogP contribution in [0.4, 0.5) is 23.3 Å². The van der Waals surface area contributed by atoms with Crippen molar-refractivity contribution in [2.45, 2.75) is 0 Å². The molecule has 1 aliphatic heterocycles. The number of nitriles is 1. The van der Waals surface area contributed by atoms with Crippen LogP contribution in [0.1, 0.15) is 5.69 Å². The summed E-state index contributed by atoms with van der Waals surface area (Å²) in [5, 5.41) is 17.3. The maximum Gasteiger partial charge on any atom is 0.193 e. The van der Waals surface area contributed by atoms with Gasteiger partial charge < -0.3 is 24.0 Å². The standard InChI is InChI=1S/C15H23N5O3.C14H10N6/c1-21-7-3-20(4-8-22-2)15-13(11-16)18-14(12-17-15)19-5-9-23-10-6-19;1-2-4-11(5-3-1)12-8-18-14(10-17-12)20-19-13-9-15-6-7-16-13/h12H,3-10H2,1-2H3;1-10H. The third kappa shape index (κ3) is 9.54. The van der Waals surface area contributed by atoms with Gasteiger partial charge in [-0.2, -0.15) is 5.26 Å². The number of anilines is 2. The summed E-state index contributed by atoms with van der Waals surface area (Å²) in [6.07, 6.45) is 9.61. The molecule has 14 heteroatoms. The molecule has 3 aromatic heterocycles. The molecule has 1 saturated heterocycles. The number of hydrogen-bond acceptors (Lipinski definition) is 14. The van der Waals surface area contributed by atoms with Crippen LogP contribution < -0.4 is 9.80 Å². The number of ether oxygens (including phenoxy) is 3. The third-order valence-electron chi connectivity index (χ3n) is 6.12. The van der Waals surface area contributed by atoms with Crippen molar-refractivity contribution in [3.63, 3.8) is 0 Å². The minimum atomic E-state index is 0.321. The third-order valence-corrected chi connectivity index (χ3v) is 6.12. The molecule has 0 unspecified atom stereocenters. The summed E-state index contributed by atoms with van der Waals surface area (Å²) in [5.41, 5.74) is 2.13. The van der Waals surface area contributed by atoms with Gasteiger partial charge >= 0.3 is 0 Å². The van der Waals surface area contributed by atoms with Gasteiger partial charge in [-0.25, -0.2) is 19.9 Å². The molecule has 4 heterocycles. The van der Waals surface area contributed by atoms with E-state index in [1.54, 1.807) is 45.2 Å².